The highest BCUT2D eigenvalue weighted by atomic mass is 127. The second-order valence-electron chi connectivity index (χ2n) is 7.18. The zero-order valence-electron chi connectivity index (χ0n) is 17.2. The predicted octanol–water partition coefficient (Wildman–Crippen LogP) is 4.49. The molecule has 0 aromatic heterocycles. The summed E-state index contributed by atoms with van der Waals surface area (Å²) in [6.45, 7) is 6.47. The molecule has 0 aliphatic carbocycles. The van der Waals surface area contributed by atoms with Crippen LogP contribution in [0.5, 0.6) is 0 Å². The van der Waals surface area contributed by atoms with Crippen LogP contribution in [-0.2, 0) is 13.1 Å². The van der Waals surface area contributed by atoms with Crippen molar-refractivity contribution >= 4 is 41.7 Å². The van der Waals surface area contributed by atoms with Crippen LogP contribution in [0.15, 0.2) is 29.3 Å². The van der Waals surface area contributed by atoms with E-state index in [1.807, 2.05) is 18.8 Å². The lowest BCUT2D eigenvalue weighted by Gasteiger charge is -2.33. The Hall–Kier alpha value is -0.470. The van der Waals surface area contributed by atoms with Crippen molar-refractivity contribution in [3.63, 3.8) is 0 Å². The van der Waals surface area contributed by atoms with E-state index in [9.17, 15) is 0 Å². The molecule has 1 aromatic rings. The Morgan fingerprint density at radius 1 is 1.15 bits per heavy atom. The van der Waals surface area contributed by atoms with Crippen LogP contribution >= 0.6 is 35.7 Å². The van der Waals surface area contributed by atoms with Crippen LogP contribution < -0.4 is 10.6 Å². The van der Waals surface area contributed by atoms with Gasteiger partial charge in [-0.1, -0.05) is 30.7 Å². The van der Waals surface area contributed by atoms with Crippen LogP contribution in [0.1, 0.15) is 50.2 Å². The second kappa shape index (κ2) is 14.5. The van der Waals surface area contributed by atoms with Gasteiger partial charge in [-0.3, -0.25) is 9.89 Å². The summed E-state index contributed by atoms with van der Waals surface area (Å²) >= 11 is 1.91. The van der Waals surface area contributed by atoms with Crippen LogP contribution in [0.3, 0.4) is 0 Å². The molecule has 27 heavy (non-hydrogen) atoms. The van der Waals surface area contributed by atoms with Gasteiger partial charge < -0.3 is 10.6 Å². The van der Waals surface area contributed by atoms with E-state index in [0.29, 0.717) is 0 Å². The fourth-order valence-corrected chi connectivity index (χ4v) is 3.87. The predicted molar refractivity (Wildman–Crippen MR) is 131 cm³/mol. The van der Waals surface area contributed by atoms with Gasteiger partial charge in [0.1, 0.15) is 0 Å². The molecule has 1 fully saturated rings. The number of halogens is 1. The second-order valence-corrected chi connectivity index (χ2v) is 8.17. The summed E-state index contributed by atoms with van der Waals surface area (Å²) in [7, 11) is 1.83. The normalized spacial score (nSPS) is 18.0. The molecule has 1 heterocycles. The molecule has 0 saturated carbocycles. The summed E-state index contributed by atoms with van der Waals surface area (Å²) in [6.07, 6.45) is 8.66. The highest BCUT2D eigenvalue weighted by molar-refractivity contribution is 14.0. The number of likely N-dealkylation sites (tertiary alicyclic amines) is 1. The Kier molecular flexibility index (Phi) is 13.2. The highest BCUT2D eigenvalue weighted by Gasteiger charge is 2.17. The fraction of sp³-hybridized carbons (Fsp3) is 0.667. The molecule has 1 unspecified atom stereocenters. The number of piperidine rings is 1. The summed E-state index contributed by atoms with van der Waals surface area (Å²) in [4.78, 5) is 6.92. The van der Waals surface area contributed by atoms with Gasteiger partial charge in [0.2, 0.25) is 0 Å². The average molecular weight is 505 g/mol. The number of rotatable bonds is 9. The maximum Gasteiger partial charge on any atom is 0.191 e. The topological polar surface area (TPSA) is 39.7 Å². The van der Waals surface area contributed by atoms with E-state index >= 15 is 0 Å². The molecule has 1 saturated heterocycles. The molecule has 1 atom stereocenters. The number of hydrogen-bond donors (Lipinski definition) is 2. The lowest BCUT2D eigenvalue weighted by Crippen LogP contribution is -2.37. The van der Waals surface area contributed by atoms with Gasteiger partial charge in [0, 0.05) is 32.7 Å². The maximum atomic E-state index is 4.31. The molecule has 0 bridgehead atoms. The van der Waals surface area contributed by atoms with Crippen molar-refractivity contribution in [2.45, 2.75) is 58.2 Å². The molecule has 0 amide bonds. The van der Waals surface area contributed by atoms with E-state index in [1.165, 1.54) is 55.5 Å². The summed E-state index contributed by atoms with van der Waals surface area (Å²) < 4.78 is 0. The third-order valence-electron chi connectivity index (χ3n) is 5.10. The zero-order valence-corrected chi connectivity index (χ0v) is 20.3. The van der Waals surface area contributed by atoms with Crippen molar-refractivity contribution in [1.29, 1.82) is 0 Å². The number of thioether (sulfide) groups is 1. The Bertz CT molecular complexity index is 535. The molecular formula is C21H37IN4S. The first-order chi connectivity index (χ1) is 12.7. The monoisotopic (exact) mass is 504 g/mol. The van der Waals surface area contributed by atoms with Crippen molar-refractivity contribution in [3.05, 3.63) is 35.4 Å². The molecule has 1 aromatic carbocycles. The number of nitrogens with zero attached hydrogens (tertiary/aromatic N) is 2. The average Bonchev–Trinajstić information content (AvgIpc) is 2.67. The van der Waals surface area contributed by atoms with Crippen molar-refractivity contribution in [1.82, 2.24) is 15.5 Å². The number of benzene rings is 1. The van der Waals surface area contributed by atoms with Gasteiger partial charge in [-0.15, -0.1) is 24.0 Å². The lowest BCUT2D eigenvalue weighted by molar-refractivity contribution is 0.152. The standard InChI is InChI=1S/C21H36N4S.HI/c1-18-8-4-6-14-25(18)17-20-11-9-19(10-12-20)16-24-21(22-2)23-13-5-7-15-26-3;/h9-12,18H,4-8,13-17H2,1-3H3,(H2,22,23,24);1H. The number of hydrogen-bond acceptors (Lipinski definition) is 3. The Morgan fingerprint density at radius 2 is 1.89 bits per heavy atom. The van der Waals surface area contributed by atoms with Crippen LogP contribution in [0.4, 0.5) is 0 Å². The molecule has 4 nitrogen and oxygen atoms in total. The molecule has 1 aliphatic heterocycles. The van der Waals surface area contributed by atoms with Gasteiger partial charge in [-0.2, -0.15) is 11.8 Å². The molecule has 154 valence electrons. The quantitative estimate of drug-likeness (QED) is 0.225. The van der Waals surface area contributed by atoms with Gasteiger partial charge in [0.25, 0.3) is 0 Å². The first-order valence-electron chi connectivity index (χ1n) is 9.98. The summed E-state index contributed by atoms with van der Waals surface area (Å²) in [5, 5.41) is 6.80. The van der Waals surface area contributed by atoms with Gasteiger partial charge in [-0.25, -0.2) is 0 Å². The van der Waals surface area contributed by atoms with Crippen LogP contribution in [0.25, 0.3) is 0 Å². The van der Waals surface area contributed by atoms with Gasteiger partial charge in [-0.05, 0) is 62.3 Å². The number of guanidine groups is 1. The molecule has 2 rings (SSSR count). The Balaban J connectivity index is 0.00000364. The van der Waals surface area contributed by atoms with Gasteiger partial charge >= 0.3 is 0 Å². The SMILES string of the molecule is CN=C(NCCCCSC)NCc1ccc(CN2CCCCC2C)cc1.I. The number of unbranched alkanes of at least 4 members (excludes halogenated alkanes) is 1. The lowest BCUT2D eigenvalue weighted by atomic mass is 10.0. The number of nitrogens with one attached hydrogen (secondary N) is 2. The third-order valence-corrected chi connectivity index (χ3v) is 5.80. The Labute approximate surface area is 187 Å². The maximum absolute atomic E-state index is 4.31. The van der Waals surface area contributed by atoms with Gasteiger partial charge in [0.05, 0.1) is 0 Å². The number of aliphatic imine (C=N–C) groups is 1. The summed E-state index contributed by atoms with van der Waals surface area (Å²) in [6, 6.07) is 9.75. The largest absolute Gasteiger partial charge is 0.356 e. The first-order valence-corrected chi connectivity index (χ1v) is 11.4. The van der Waals surface area contributed by atoms with Crippen molar-refractivity contribution in [2.24, 2.45) is 4.99 Å². The zero-order chi connectivity index (χ0) is 18.6. The van der Waals surface area contributed by atoms with Crippen molar-refractivity contribution in [2.75, 3.05) is 32.1 Å². The molecular weight excluding hydrogens is 467 g/mol. The molecule has 1 aliphatic rings. The van der Waals surface area contributed by atoms with Crippen molar-refractivity contribution < 1.29 is 0 Å². The van der Waals surface area contributed by atoms with E-state index < -0.39 is 0 Å². The van der Waals surface area contributed by atoms with E-state index in [1.54, 1.807) is 0 Å². The van der Waals surface area contributed by atoms with Crippen LogP contribution in [0, 0.1) is 0 Å². The minimum Gasteiger partial charge on any atom is -0.356 e. The molecule has 0 spiro atoms. The van der Waals surface area contributed by atoms with E-state index in [0.717, 1.165) is 31.6 Å². The van der Waals surface area contributed by atoms with E-state index in [2.05, 4.69) is 58.0 Å². The minimum atomic E-state index is 0. The third kappa shape index (κ3) is 9.52. The summed E-state index contributed by atoms with van der Waals surface area (Å²) in [5.74, 6) is 2.12. The smallest absolute Gasteiger partial charge is 0.191 e. The Morgan fingerprint density at radius 3 is 2.56 bits per heavy atom. The van der Waals surface area contributed by atoms with Crippen LogP contribution in [0.2, 0.25) is 0 Å². The van der Waals surface area contributed by atoms with Gasteiger partial charge in [0.15, 0.2) is 5.96 Å². The van der Waals surface area contributed by atoms with E-state index in [4.69, 9.17) is 0 Å². The summed E-state index contributed by atoms with van der Waals surface area (Å²) in [5.41, 5.74) is 2.71. The highest BCUT2D eigenvalue weighted by Crippen LogP contribution is 2.19. The van der Waals surface area contributed by atoms with Crippen molar-refractivity contribution in [3.8, 4) is 0 Å². The molecule has 2 N–H and O–H groups in total. The first kappa shape index (κ1) is 24.6. The molecule has 6 heteroatoms. The molecule has 0 radical (unpaired) electrons. The van der Waals surface area contributed by atoms with E-state index in [-0.39, 0.29) is 24.0 Å². The minimum absolute atomic E-state index is 0. The fourth-order valence-electron chi connectivity index (χ4n) is 3.37. The van der Waals surface area contributed by atoms with Crippen LogP contribution in [-0.4, -0.2) is 49.0 Å².